The van der Waals surface area contributed by atoms with Crippen molar-refractivity contribution in [3.63, 3.8) is 0 Å². The minimum Gasteiger partial charge on any atom is -0.353 e. The van der Waals surface area contributed by atoms with Gasteiger partial charge in [-0.25, -0.2) is 0 Å². The SMILES string of the molecule is CC1CC2CC2C(=O)N1. The van der Waals surface area contributed by atoms with Crippen LogP contribution in [-0.4, -0.2) is 11.9 Å². The van der Waals surface area contributed by atoms with E-state index in [0.29, 0.717) is 17.9 Å². The van der Waals surface area contributed by atoms with Crippen LogP contribution in [0.2, 0.25) is 0 Å². The molecule has 1 aliphatic heterocycles. The zero-order valence-corrected chi connectivity index (χ0v) is 5.55. The number of carbonyl (C=O) groups is 1. The fraction of sp³-hybridized carbons (Fsp3) is 0.857. The molecule has 2 fully saturated rings. The van der Waals surface area contributed by atoms with Crippen LogP contribution < -0.4 is 5.32 Å². The summed E-state index contributed by atoms with van der Waals surface area (Å²) in [7, 11) is 0. The molecule has 1 heterocycles. The molecule has 1 saturated carbocycles. The summed E-state index contributed by atoms with van der Waals surface area (Å²) >= 11 is 0. The summed E-state index contributed by atoms with van der Waals surface area (Å²) in [5.41, 5.74) is 0. The van der Waals surface area contributed by atoms with Crippen LogP contribution in [0, 0.1) is 11.8 Å². The van der Waals surface area contributed by atoms with Crippen LogP contribution in [0.3, 0.4) is 0 Å². The zero-order valence-electron chi connectivity index (χ0n) is 5.55. The third-order valence-electron chi connectivity index (χ3n) is 2.30. The van der Waals surface area contributed by atoms with Crippen LogP contribution in [0.15, 0.2) is 0 Å². The molecule has 2 nitrogen and oxygen atoms in total. The highest BCUT2D eigenvalue weighted by molar-refractivity contribution is 5.82. The Kier molecular flexibility index (Phi) is 0.875. The third-order valence-corrected chi connectivity index (χ3v) is 2.30. The molecule has 2 heteroatoms. The Morgan fingerprint density at radius 1 is 1.56 bits per heavy atom. The highest BCUT2D eigenvalue weighted by Crippen LogP contribution is 2.44. The normalized spacial score (nSPS) is 47.7. The molecule has 2 rings (SSSR count). The van der Waals surface area contributed by atoms with E-state index in [-0.39, 0.29) is 0 Å². The van der Waals surface area contributed by atoms with Crippen molar-refractivity contribution in [2.75, 3.05) is 0 Å². The van der Waals surface area contributed by atoms with E-state index < -0.39 is 0 Å². The molecule has 1 N–H and O–H groups in total. The molecule has 1 amide bonds. The van der Waals surface area contributed by atoms with Crippen LogP contribution in [-0.2, 0) is 4.79 Å². The standard InChI is InChI=1S/C7H11NO/c1-4-2-5-3-6(5)7(9)8-4/h4-6H,2-3H2,1H3,(H,8,9). The lowest BCUT2D eigenvalue weighted by Crippen LogP contribution is -2.38. The van der Waals surface area contributed by atoms with E-state index in [0.717, 1.165) is 12.3 Å². The van der Waals surface area contributed by atoms with E-state index in [4.69, 9.17) is 0 Å². The second kappa shape index (κ2) is 1.49. The van der Waals surface area contributed by atoms with E-state index in [1.165, 1.54) is 6.42 Å². The smallest absolute Gasteiger partial charge is 0.223 e. The maximum atomic E-state index is 10.9. The van der Waals surface area contributed by atoms with E-state index in [9.17, 15) is 4.79 Å². The van der Waals surface area contributed by atoms with Gasteiger partial charge in [-0.2, -0.15) is 0 Å². The lowest BCUT2D eigenvalue weighted by atomic mass is 10.1. The molecule has 3 atom stereocenters. The van der Waals surface area contributed by atoms with Gasteiger partial charge in [0.25, 0.3) is 0 Å². The summed E-state index contributed by atoms with van der Waals surface area (Å²) in [6, 6.07) is 0.432. The first-order valence-corrected chi connectivity index (χ1v) is 3.58. The number of hydrogen-bond donors (Lipinski definition) is 1. The summed E-state index contributed by atoms with van der Waals surface area (Å²) in [6.07, 6.45) is 2.35. The molecule has 3 unspecified atom stereocenters. The lowest BCUT2D eigenvalue weighted by molar-refractivity contribution is -0.124. The summed E-state index contributed by atoms with van der Waals surface area (Å²) in [5, 5.41) is 2.93. The molecule has 0 spiro atoms. The van der Waals surface area contributed by atoms with Gasteiger partial charge in [0.2, 0.25) is 5.91 Å². The molecule has 50 valence electrons. The monoisotopic (exact) mass is 125 g/mol. The average Bonchev–Trinajstić information content (AvgIpc) is 2.43. The van der Waals surface area contributed by atoms with Gasteiger partial charge in [-0.15, -0.1) is 0 Å². The number of carbonyl (C=O) groups excluding carboxylic acids is 1. The highest BCUT2D eigenvalue weighted by atomic mass is 16.2. The predicted molar refractivity (Wildman–Crippen MR) is 33.8 cm³/mol. The van der Waals surface area contributed by atoms with Crippen LogP contribution in [0.25, 0.3) is 0 Å². The first-order valence-electron chi connectivity index (χ1n) is 3.58. The van der Waals surface area contributed by atoms with E-state index in [1.807, 2.05) is 0 Å². The zero-order chi connectivity index (χ0) is 6.43. The number of amides is 1. The van der Waals surface area contributed by atoms with E-state index >= 15 is 0 Å². The second-order valence-corrected chi connectivity index (χ2v) is 3.25. The van der Waals surface area contributed by atoms with Gasteiger partial charge in [-0.3, -0.25) is 4.79 Å². The van der Waals surface area contributed by atoms with Crippen molar-refractivity contribution in [3.8, 4) is 0 Å². The lowest BCUT2D eigenvalue weighted by Gasteiger charge is -2.17. The quantitative estimate of drug-likeness (QED) is 0.502. The topological polar surface area (TPSA) is 29.1 Å². The van der Waals surface area contributed by atoms with Gasteiger partial charge in [0.1, 0.15) is 0 Å². The molecule has 2 aliphatic rings. The van der Waals surface area contributed by atoms with Gasteiger partial charge in [-0.05, 0) is 25.7 Å². The Labute approximate surface area is 54.6 Å². The van der Waals surface area contributed by atoms with Gasteiger partial charge in [0, 0.05) is 12.0 Å². The fourth-order valence-corrected chi connectivity index (χ4v) is 1.69. The van der Waals surface area contributed by atoms with Crippen molar-refractivity contribution >= 4 is 5.91 Å². The molecule has 0 aromatic heterocycles. The summed E-state index contributed by atoms with van der Waals surface area (Å²) in [4.78, 5) is 10.9. The van der Waals surface area contributed by atoms with Crippen molar-refractivity contribution in [3.05, 3.63) is 0 Å². The minimum atomic E-state index is 0.291. The largest absolute Gasteiger partial charge is 0.353 e. The van der Waals surface area contributed by atoms with Crippen molar-refractivity contribution < 1.29 is 4.79 Å². The Morgan fingerprint density at radius 3 is 3.00 bits per heavy atom. The number of rotatable bonds is 0. The molecule has 0 radical (unpaired) electrons. The molecule has 0 bridgehead atoms. The molecular weight excluding hydrogens is 114 g/mol. The van der Waals surface area contributed by atoms with Gasteiger partial charge >= 0.3 is 0 Å². The fourth-order valence-electron chi connectivity index (χ4n) is 1.69. The Morgan fingerprint density at radius 2 is 2.33 bits per heavy atom. The number of fused-ring (bicyclic) bond motifs is 1. The van der Waals surface area contributed by atoms with Crippen LogP contribution in [0.4, 0.5) is 0 Å². The summed E-state index contributed by atoms with van der Waals surface area (Å²) in [6.45, 7) is 2.08. The number of nitrogens with one attached hydrogen (secondary N) is 1. The third kappa shape index (κ3) is 0.732. The number of piperidine rings is 1. The Hall–Kier alpha value is -0.530. The van der Waals surface area contributed by atoms with Crippen LogP contribution in [0.5, 0.6) is 0 Å². The van der Waals surface area contributed by atoms with Gasteiger partial charge in [-0.1, -0.05) is 0 Å². The molecular formula is C7H11NO. The molecule has 9 heavy (non-hydrogen) atoms. The molecule has 1 saturated heterocycles. The summed E-state index contributed by atoms with van der Waals surface area (Å²) in [5.74, 6) is 1.44. The Balaban J connectivity index is 2.07. The molecule has 0 aromatic carbocycles. The first kappa shape index (κ1) is 5.27. The van der Waals surface area contributed by atoms with Crippen molar-refractivity contribution in [1.82, 2.24) is 5.32 Å². The summed E-state index contributed by atoms with van der Waals surface area (Å²) < 4.78 is 0. The van der Waals surface area contributed by atoms with Crippen LogP contribution in [0.1, 0.15) is 19.8 Å². The Bertz CT molecular complexity index is 155. The van der Waals surface area contributed by atoms with Gasteiger partial charge < -0.3 is 5.32 Å². The molecule has 1 aliphatic carbocycles. The first-order chi connectivity index (χ1) is 4.27. The van der Waals surface area contributed by atoms with Crippen molar-refractivity contribution in [1.29, 1.82) is 0 Å². The maximum Gasteiger partial charge on any atom is 0.223 e. The van der Waals surface area contributed by atoms with Crippen molar-refractivity contribution in [2.24, 2.45) is 11.8 Å². The average molecular weight is 125 g/mol. The predicted octanol–water partition coefficient (Wildman–Crippen LogP) is 0.531. The van der Waals surface area contributed by atoms with Crippen molar-refractivity contribution in [2.45, 2.75) is 25.8 Å². The highest BCUT2D eigenvalue weighted by Gasteiger charge is 2.46. The van der Waals surface area contributed by atoms with Crippen LogP contribution >= 0.6 is 0 Å². The van der Waals surface area contributed by atoms with Gasteiger partial charge in [0.15, 0.2) is 0 Å². The second-order valence-electron chi connectivity index (χ2n) is 3.25. The van der Waals surface area contributed by atoms with Gasteiger partial charge in [0.05, 0.1) is 0 Å². The minimum absolute atomic E-state index is 0.291. The molecule has 0 aromatic rings. The van der Waals surface area contributed by atoms with E-state index in [1.54, 1.807) is 0 Å². The number of hydrogen-bond acceptors (Lipinski definition) is 1. The van der Waals surface area contributed by atoms with E-state index in [2.05, 4.69) is 12.2 Å². The maximum absolute atomic E-state index is 10.9.